The number of hydrogen-bond acceptors (Lipinski definition) is 4. The number of hydrogen-bond donors (Lipinski definition) is 1. The van der Waals surface area contributed by atoms with Crippen molar-refractivity contribution in [2.24, 2.45) is 0 Å². The smallest absolute Gasteiger partial charge is 0.408 e. The fraction of sp³-hybridized carbons (Fsp3) is 0.462. The van der Waals surface area contributed by atoms with Crippen LogP contribution in [0.5, 0.6) is 0 Å². The number of amides is 1. The van der Waals surface area contributed by atoms with Crippen LogP contribution in [0, 0.1) is 0 Å². The van der Waals surface area contributed by atoms with Gasteiger partial charge >= 0.3 is 6.09 Å². The molecule has 1 rings (SSSR count). The molecule has 0 bridgehead atoms. The Morgan fingerprint density at radius 2 is 2.22 bits per heavy atom. The SMILES string of the molecule is CC(C)(C)OC(=O)N[C@@H]([C]=O)Cc1ccccn1. The molecule has 5 nitrogen and oxygen atoms in total. The number of pyridine rings is 1. The van der Waals surface area contributed by atoms with Crippen LogP contribution in [-0.4, -0.2) is 29.0 Å². The Balaban J connectivity index is 2.53. The zero-order valence-corrected chi connectivity index (χ0v) is 10.8. The van der Waals surface area contributed by atoms with Crippen LogP contribution < -0.4 is 5.32 Å². The van der Waals surface area contributed by atoms with Crippen LogP contribution in [-0.2, 0) is 16.0 Å². The lowest BCUT2D eigenvalue weighted by Gasteiger charge is -2.21. The van der Waals surface area contributed by atoms with E-state index in [0.717, 1.165) is 0 Å². The molecule has 1 radical (unpaired) electrons. The van der Waals surface area contributed by atoms with E-state index in [1.807, 2.05) is 6.07 Å². The highest BCUT2D eigenvalue weighted by atomic mass is 16.6. The fourth-order valence-corrected chi connectivity index (χ4v) is 1.30. The van der Waals surface area contributed by atoms with Gasteiger partial charge in [0.25, 0.3) is 0 Å². The van der Waals surface area contributed by atoms with Crippen LogP contribution in [0.3, 0.4) is 0 Å². The van der Waals surface area contributed by atoms with Crippen LogP contribution in [0.1, 0.15) is 26.5 Å². The molecule has 1 aromatic rings. The molecule has 0 aliphatic rings. The summed E-state index contributed by atoms with van der Waals surface area (Å²) in [7, 11) is 0. The Kier molecular flexibility index (Phi) is 4.83. The maximum Gasteiger partial charge on any atom is 0.408 e. The van der Waals surface area contributed by atoms with Gasteiger partial charge in [-0.1, -0.05) is 6.07 Å². The van der Waals surface area contributed by atoms with Crippen molar-refractivity contribution in [3.8, 4) is 0 Å². The molecule has 1 aromatic heterocycles. The van der Waals surface area contributed by atoms with E-state index in [-0.39, 0.29) is 0 Å². The number of rotatable bonds is 4. The number of alkyl carbamates (subject to hydrolysis) is 1. The molecule has 1 atom stereocenters. The Labute approximate surface area is 107 Å². The molecule has 0 spiro atoms. The minimum atomic E-state index is -0.755. The van der Waals surface area contributed by atoms with Crippen molar-refractivity contribution < 1.29 is 14.3 Å². The summed E-state index contributed by atoms with van der Waals surface area (Å²) in [4.78, 5) is 26.4. The molecule has 1 heterocycles. The van der Waals surface area contributed by atoms with Crippen LogP contribution in [0.15, 0.2) is 24.4 Å². The van der Waals surface area contributed by atoms with Crippen molar-refractivity contribution in [2.45, 2.75) is 38.8 Å². The third-order valence-corrected chi connectivity index (χ3v) is 1.97. The summed E-state index contributed by atoms with van der Waals surface area (Å²) in [6.45, 7) is 5.26. The van der Waals surface area contributed by atoms with Gasteiger partial charge in [-0.15, -0.1) is 0 Å². The first-order chi connectivity index (χ1) is 8.40. The molecule has 0 aliphatic heterocycles. The molecule has 0 unspecified atom stereocenters. The lowest BCUT2D eigenvalue weighted by molar-refractivity contribution is 0.0517. The molecule has 5 heteroatoms. The largest absolute Gasteiger partial charge is 0.444 e. The van der Waals surface area contributed by atoms with E-state index >= 15 is 0 Å². The van der Waals surface area contributed by atoms with Gasteiger partial charge in [-0.2, -0.15) is 0 Å². The zero-order chi connectivity index (χ0) is 13.6. The predicted molar refractivity (Wildman–Crippen MR) is 66.8 cm³/mol. The van der Waals surface area contributed by atoms with Crippen LogP contribution in [0.2, 0.25) is 0 Å². The molecular formula is C13H17N2O3. The van der Waals surface area contributed by atoms with Crippen molar-refractivity contribution in [3.63, 3.8) is 0 Å². The molecule has 0 aromatic carbocycles. The van der Waals surface area contributed by atoms with E-state index in [1.54, 1.807) is 45.4 Å². The van der Waals surface area contributed by atoms with Crippen molar-refractivity contribution >= 4 is 12.4 Å². The highest BCUT2D eigenvalue weighted by Gasteiger charge is 2.20. The third-order valence-electron chi connectivity index (χ3n) is 1.97. The molecular weight excluding hydrogens is 232 g/mol. The highest BCUT2D eigenvalue weighted by Crippen LogP contribution is 2.07. The number of nitrogens with zero attached hydrogens (tertiary/aromatic N) is 1. The quantitative estimate of drug-likeness (QED) is 0.880. The maximum absolute atomic E-state index is 11.5. The minimum absolute atomic E-state index is 0.295. The van der Waals surface area contributed by atoms with Gasteiger partial charge in [-0.3, -0.25) is 9.78 Å². The van der Waals surface area contributed by atoms with Gasteiger partial charge in [0, 0.05) is 18.3 Å². The second kappa shape index (κ2) is 6.14. The van der Waals surface area contributed by atoms with Gasteiger partial charge in [0.05, 0.1) is 0 Å². The number of nitrogens with one attached hydrogen (secondary N) is 1. The van der Waals surface area contributed by atoms with E-state index in [2.05, 4.69) is 10.3 Å². The van der Waals surface area contributed by atoms with E-state index in [9.17, 15) is 9.59 Å². The summed E-state index contributed by atoms with van der Waals surface area (Å²) in [5, 5.41) is 2.45. The molecule has 18 heavy (non-hydrogen) atoms. The van der Waals surface area contributed by atoms with Gasteiger partial charge in [-0.05, 0) is 32.9 Å². The fourth-order valence-electron chi connectivity index (χ4n) is 1.30. The molecule has 1 N–H and O–H groups in total. The van der Waals surface area contributed by atoms with Gasteiger partial charge in [0.1, 0.15) is 11.6 Å². The van der Waals surface area contributed by atoms with E-state index in [0.29, 0.717) is 12.1 Å². The zero-order valence-electron chi connectivity index (χ0n) is 10.8. The molecule has 0 fully saturated rings. The summed E-state index contributed by atoms with van der Waals surface area (Å²) < 4.78 is 5.06. The van der Waals surface area contributed by atoms with E-state index in [1.165, 1.54) is 0 Å². The first-order valence-electron chi connectivity index (χ1n) is 5.68. The van der Waals surface area contributed by atoms with Crippen molar-refractivity contribution in [1.29, 1.82) is 0 Å². The molecule has 1 amide bonds. The second-order valence-corrected chi connectivity index (χ2v) is 4.84. The van der Waals surface area contributed by atoms with Crippen molar-refractivity contribution in [2.75, 3.05) is 0 Å². The topological polar surface area (TPSA) is 68.3 Å². The number of aromatic nitrogens is 1. The minimum Gasteiger partial charge on any atom is -0.444 e. The lowest BCUT2D eigenvalue weighted by Crippen LogP contribution is -2.41. The molecule has 97 valence electrons. The Hall–Kier alpha value is -1.91. The number of carbonyl (C=O) groups excluding carboxylic acids is 2. The summed E-state index contributed by atoms with van der Waals surface area (Å²) in [6, 6.07) is 4.62. The maximum atomic E-state index is 11.5. The van der Waals surface area contributed by atoms with Gasteiger partial charge in [0.2, 0.25) is 6.29 Å². The first kappa shape index (κ1) is 14.2. The summed E-state index contributed by atoms with van der Waals surface area (Å²) in [6.07, 6.45) is 3.06. The van der Waals surface area contributed by atoms with E-state index < -0.39 is 17.7 Å². The van der Waals surface area contributed by atoms with Crippen molar-refractivity contribution in [1.82, 2.24) is 10.3 Å². The van der Waals surface area contributed by atoms with Crippen molar-refractivity contribution in [3.05, 3.63) is 30.1 Å². The van der Waals surface area contributed by atoms with Crippen LogP contribution in [0.4, 0.5) is 4.79 Å². The average Bonchev–Trinajstić information content (AvgIpc) is 2.27. The first-order valence-corrected chi connectivity index (χ1v) is 5.68. The van der Waals surface area contributed by atoms with Crippen LogP contribution >= 0.6 is 0 Å². The van der Waals surface area contributed by atoms with Gasteiger partial charge < -0.3 is 10.1 Å². The molecule has 0 saturated heterocycles. The lowest BCUT2D eigenvalue weighted by atomic mass is 10.1. The molecule has 0 saturated carbocycles. The number of carbonyl (C=O) groups is 1. The Morgan fingerprint density at radius 3 is 2.72 bits per heavy atom. The summed E-state index contributed by atoms with van der Waals surface area (Å²) in [5.41, 5.74) is 0.115. The average molecular weight is 249 g/mol. The summed E-state index contributed by atoms with van der Waals surface area (Å²) in [5.74, 6) is 0. The van der Waals surface area contributed by atoms with Gasteiger partial charge in [0.15, 0.2) is 0 Å². The van der Waals surface area contributed by atoms with E-state index in [4.69, 9.17) is 4.74 Å². The standard InChI is InChI=1S/C13H17N2O3/c1-13(2,3)18-12(17)15-11(9-16)8-10-6-4-5-7-14-10/h4-7,11H,8H2,1-3H3,(H,15,17)/t11-/m1/s1. The van der Waals surface area contributed by atoms with Gasteiger partial charge in [-0.25, -0.2) is 4.79 Å². The normalized spacial score (nSPS) is 12.6. The highest BCUT2D eigenvalue weighted by molar-refractivity contribution is 5.73. The predicted octanol–water partition coefficient (Wildman–Crippen LogP) is 1.63. The second-order valence-electron chi connectivity index (χ2n) is 4.84. The summed E-state index contributed by atoms with van der Waals surface area (Å²) >= 11 is 0. The Bertz CT molecular complexity index is 398. The Morgan fingerprint density at radius 1 is 1.50 bits per heavy atom. The molecule has 0 aliphatic carbocycles. The number of ether oxygens (including phenoxy) is 1. The third kappa shape index (κ3) is 5.43. The monoisotopic (exact) mass is 249 g/mol. The van der Waals surface area contributed by atoms with Crippen LogP contribution in [0.25, 0.3) is 0 Å².